The molecule has 190 valence electrons. The molecular formula is C27H41N7O. The fraction of sp³-hybridized carbons (Fsp3) is 0.593. The standard InChI is InChI=1S/C27H41N7O/c1-4-11-34-19-23(14-21-15-24-22(16-25(21)34)17-29-26(28)31-24)30-27(35)33(5-2)13-12-32(3)18-20-9-7-6-8-10-20/h6-10,17,21,23,25H,4-5,11-16,18-19H2,1-3H3,(H,30,35)(H2,28,29,31)/t21-,23+,25-/m1/s1. The number of piperidine rings is 1. The zero-order valence-electron chi connectivity index (χ0n) is 21.5. The molecule has 35 heavy (non-hydrogen) atoms. The zero-order chi connectivity index (χ0) is 24.8. The Morgan fingerprint density at radius 3 is 2.74 bits per heavy atom. The van der Waals surface area contributed by atoms with E-state index in [2.05, 4.69) is 70.2 Å². The summed E-state index contributed by atoms with van der Waals surface area (Å²) in [5, 5.41) is 3.37. The predicted molar refractivity (Wildman–Crippen MR) is 140 cm³/mol. The van der Waals surface area contributed by atoms with Gasteiger partial charge in [0, 0.05) is 56.7 Å². The third kappa shape index (κ3) is 6.49. The van der Waals surface area contributed by atoms with Gasteiger partial charge in [-0.15, -0.1) is 0 Å². The van der Waals surface area contributed by atoms with E-state index in [1.807, 2.05) is 17.2 Å². The monoisotopic (exact) mass is 479 g/mol. The van der Waals surface area contributed by atoms with Gasteiger partial charge < -0.3 is 20.9 Å². The molecule has 8 nitrogen and oxygen atoms in total. The van der Waals surface area contributed by atoms with Crippen LogP contribution in [-0.4, -0.2) is 82.6 Å². The van der Waals surface area contributed by atoms with Gasteiger partial charge in [0.2, 0.25) is 5.95 Å². The van der Waals surface area contributed by atoms with Gasteiger partial charge in [0.05, 0.1) is 0 Å². The van der Waals surface area contributed by atoms with Crippen LogP contribution in [0, 0.1) is 5.92 Å². The minimum absolute atomic E-state index is 0.0447. The first kappa shape index (κ1) is 25.4. The zero-order valence-corrected chi connectivity index (χ0v) is 21.5. The molecule has 8 heteroatoms. The molecule has 1 saturated heterocycles. The summed E-state index contributed by atoms with van der Waals surface area (Å²) in [6, 6.07) is 11.1. The van der Waals surface area contributed by atoms with Crippen molar-refractivity contribution in [2.75, 3.05) is 45.5 Å². The normalized spacial score (nSPS) is 21.9. The highest BCUT2D eigenvalue weighted by Crippen LogP contribution is 2.34. The molecule has 2 aliphatic rings. The summed E-state index contributed by atoms with van der Waals surface area (Å²) in [6.07, 6.45) is 5.85. The van der Waals surface area contributed by atoms with Gasteiger partial charge in [0.1, 0.15) is 0 Å². The summed E-state index contributed by atoms with van der Waals surface area (Å²) in [5.74, 6) is 0.818. The Morgan fingerprint density at radius 2 is 2.00 bits per heavy atom. The van der Waals surface area contributed by atoms with Crippen molar-refractivity contribution in [3.63, 3.8) is 0 Å². The molecule has 2 aromatic rings. The number of likely N-dealkylation sites (tertiary alicyclic amines) is 1. The van der Waals surface area contributed by atoms with Crippen molar-refractivity contribution in [3.8, 4) is 0 Å². The van der Waals surface area contributed by atoms with Crippen LogP contribution in [-0.2, 0) is 19.4 Å². The molecule has 3 atom stereocenters. The minimum atomic E-state index is 0.0447. The summed E-state index contributed by atoms with van der Waals surface area (Å²) in [6.45, 7) is 9.36. The Hall–Kier alpha value is -2.71. The number of urea groups is 1. The fourth-order valence-electron chi connectivity index (χ4n) is 5.69. The maximum atomic E-state index is 13.2. The van der Waals surface area contributed by atoms with Gasteiger partial charge in [0.15, 0.2) is 0 Å². The van der Waals surface area contributed by atoms with Crippen LogP contribution < -0.4 is 11.1 Å². The lowest BCUT2D eigenvalue weighted by atomic mass is 9.76. The lowest BCUT2D eigenvalue weighted by molar-refractivity contribution is 0.0624. The number of nitrogens with one attached hydrogen (secondary N) is 1. The number of fused-ring (bicyclic) bond motifs is 2. The molecule has 1 aromatic heterocycles. The van der Waals surface area contributed by atoms with Crippen molar-refractivity contribution in [1.82, 2.24) is 30.0 Å². The summed E-state index contributed by atoms with van der Waals surface area (Å²) in [4.78, 5) is 28.7. The van der Waals surface area contributed by atoms with Crippen molar-refractivity contribution < 1.29 is 4.79 Å². The van der Waals surface area contributed by atoms with Crippen LogP contribution in [0.2, 0.25) is 0 Å². The van der Waals surface area contributed by atoms with Crippen molar-refractivity contribution >= 4 is 12.0 Å². The second-order valence-electron chi connectivity index (χ2n) is 10.1. The third-order valence-electron chi connectivity index (χ3n) is 7.47. The number of anilines is 1. The van der Waals surface area contributed by atoms with Crippen LogP contribution in [0.25, 0.3) is 0 Å². The Bertz CT molecular complexity index is 969. The SMILES string of the molecule is CCCN1C[C@@H](NC(=O)N(CC)CCN(C)Cc2ccccc2)C[C@@H]2Cc3nc(N)ncc3C[C@H]21. The number of nitrogens with zero attached hydrogens (tertiary/aromatic N) is 5. The molecule has 4 rings (SSSR count). The third-order valence-corrected chi connectivity index (χ3v) is 7.47. The average molecular weight is 480 g/mol. The summed E-state index contributed by atoms with van der Waals surface area (Å²) in [7, 11) is 2.11. The van der Waals surface area contributed by atoms with Crippen LogP contribution in [0.5, 0.6) is 0 Å². The number of hydrogen-bond acceptors (Lipinski definition) is 6. The number of rotatable bonds is 9. The number of carbonyl (C=O) groups excluding carboxylic acids is 1. The number of benzene rings is 1. The maximum absolute atomic E-state index is 13.2. The van der Waals surface area contributed by atoms with Crippen molar-refractivity contribution in [1.29, 1.82) is 0 Å². The quantitative estimate of drug-likeness (QED) is 0.575. The molecule has 1 fully saturated rings. The lowest BCUT2D eigenvalue weighted by Crippen LogP contribution is -2.59. The van der Waals surface area contributed by atoms with Gasteiger partial charge in [-0.2, -0.15) is 0 Å². The molecule has 0 unspecified atom stereocenters. The van der Waals surface area contributed by atoms with E-state index in [0.29, 0.717) is 31.0 Å². The number of nitrogen functional groups attached to an aromatic ring is 1. The van der Waals surface area contributed by atoms with Gasteiger partial charge in [-0.1, -0.05) is 37.3 Å². The van der Waals surface area contributed by atoms with Gasteiger partial charge in [-0.05, 0) is 63.2 Å². The van der Waals surface area contributed by atoms with Gasteiger partial charge in [0.25, 0.3) is 0 Å². The molecule has 1 aromatic carbocycles. The Morgan fingerprint density at radius 1 is 1.20 bits per heavy atom. The molecule has 1 aliphatic carbocycles. The van der Waals surface area contributed by atoms with E-state index in [9.17, 15) is 4.79 Å². The van der Waals surface area contributed by atoms with E-state index in [4.69, 9.17) is 5.73 Å². The number of carbonyl (C=O) groups is 1. The Kier molecular flexibility index (Phi) is 8.57. The first-order valence-corrected chi connectivity index (χ1v) is 13.1. The molecule has 0 spiro atoms. The van der Waals surface area contributed by atoms with Gasteiger partial charge in [-0.25, -0.2) is 14.8 Å². The highest BCUT2D eigenvalue weighted by molar-refractivity contribution is 5.74. The molecule has 3 N–H and O–H groups in total. The number of aromatic nitrogens is 2. The second kappa shape index (κ2) is 11.8. The summed E-state index contributed by atoms with van der Waals surface area (Å²) in [5.41, 5.74) is 9.45. The molecule has 0 radical (unpaired) electrons. The van der Waals surface area contributed by atoms with Crippen LogP contribution in [0.3, 0.4) is 0 Å². The van der Waals surface area contributed by atoms with Crippen molar-refractivity contribution in [2.45, 2.75) is 58.2 Å². The minimum Gasteiger partial charge on any atom is -0.368 e. The Balaban J connectivity index is 1.34. The number of nitrogens with two attached hydrogens (primary N) is 1. The summed E-state index contributed by atoms with van der Waals surface area (Å²) < 4.78 is 0. The number of amides is 2. The van der Waals surface area contributed by atoms with E-state index in [-0.39, 0.29) is 12.1 Å². The highest BCUT2D eigenvalue weighted by Gasteiger charge is 2.40. The predicted octanol–water partition coefficient (Wildman–Crippen LogP) is 2.79. The van der Waals surface area contributed by atoms with E-state index >= 15 is 0 Å². The van der Waals surface area contributed by atoms with Gasteiger partial charge in [-0.3, -0.25) is 4.90 Å². The second-order valence-corrected chi connectivity index (χ2v) is 10.1. The van der Waals surface area contributed by atoms with E-state index < -0.39 is 0 Å². The van der Waals surface area contributed by atoms with Crippen LogP contribution in [0.1, 0.15) is 43.5 Å². The number of likely N-dealkylation sites (N-methyl/N-ethyl adjacent to an activating group) is 2. The van der Waals surface area contributed by atoms with Crippen LogP contribution >= 0.6 is 0 Å². The molecule has 2 amide bonds. The van der Waals surface area contributed by atoms with Crippen LogP contribution in [0.15, 0.2) is 36.5 Å². The van der Waals surface area contributed by atoms with E-state index in [0.717, 1.165) is 57.6 Å². The highest BCUT2D eigenvalue weighted by atomic mass is 16.2. The topological polar surface area (TPSA) is 90.6 Å². The fourth-order valence-corrected chi connectivity index (χ4v) is 5.69. The largest absolute Gasteiger partial charge is 0.368 e. The molecule has 0 bridgehead atoms. The average Bonchev–Trinajstić information content (AvgIpc) is 2.84. The molecule has 0 saturated carbocycles. The van der Waals surface area contributed by atoms with Crippen molar-refractivity contribution in [3.05, 3.63) is 53.3 Å². The van der Waals surface area contributed by atoms with E-state index in [1.165, 1.54) is 11.1 Å². The molecular weight excluding hydrogens is 438 g/mol. The van der Waals surface area contributed by atoms with Crippen molar-refractivity contribution in [2.24, 2.45) is 5.92 Å². The first-order valence-electron chi connectivity index (χ1n) is 13.1. The lowest BCUT2D eigenvalue weighted by Gasteiger charge is -2.47. The number of hydrogen-bond donors (Lipinski definition) is 2. The smallest absolute Gasteiger partial charge is 0.317 e. The Labute approximate surface area is 209 Å². The first-order chi connectivity index (χ1) is 17.0. The van der Waals surface area contributed by atoms with Crippen LogP contribution in [0.4, 0.5) is 10.7 Å². The van der Waals surface area contributed by atoms with Gasteiger partial charge >= 0.3 is 6.03 Å². The maximum Gasteiger partial charge on any atom is 0.317 e. The van der Waals surface area contributed by atoms with E-state index in [1.54, 1.807) is 0 Å². The summed E-state index contributed by atoms with van der Waals surface area (Å²) >= 11 is 0. The molecule has 2 heterocycles. The molecule has 1 aliphatic heterocycles.